The number of rotatable bonds is 5. The van der Waals surface area contributed by atoms with Crippen molar-refractivity contribution >= 4 is 0 Å². The number of hydrogen-bond donors (Lipinski definition) is 1. The predicted molar refractivity (Wildman–Crippen MR) is 91.2 cm³/mol. The monoisotopic (exact) mass is 313 g/mol. The molecule has 3 rings (SSSR count). The Morgan fingerprint density at radius 3 is 2.70 bits per heavy atom. The lowest BCUT2D eigenvalue weighted by molar-refractivity contribution is 0.269. The van der Waals surface area contributed by atoms with E-state index in [9.17, 15) is 0 Å². The maximum Gasteiger partial charge on any atom is 0.167 e. The Morgan fingerprint density at radius 2 is 2.04 bits per heavy atom. The summed E-state index contributed by atoms with van der Waals surface area (Å²) in [5.74, 6) is 0.889. The van der Waals surface area contributed by atoms with E-state index in [0.717, 1.165) is 12.4 Å². The zero-order valence-corrected chi connectivity index (χ0v) is 14.4. The van der Waals surface area contributed by atoms with E-state index in [0.29, 0.717) is 0 Å². The highest BCUT2D eigenvalue weighted by Crippen LogP contribution is 2.39. The molecule has 2 aromatic rings. The van der Waals surface area contributed by atoms with E-state index in [1.165, 1.54) is 43.2 Å². The first kappa shape index (κ1) is 16.1. The number of hydrogen-bond acceptors (Lipinski definition) is 4. The van der Waals surface area contributed by atoms with E-state index < -0.39 is 0 Å². The number of nitrogens with zero attached hydrogens (tertiary/aromatic N) is 4. The molecule has 124 valence electrons. The van der Waals surface area contributed by atoms with Gasteiger partial charge in [0.1, 0.15) is 0 Å². The molecule has 1 saturated carbocycles. The second-order valence-electron chi connectivity index (χ2n) is 6.97. The molecule has 1 aliphatic rings. The van der Waals surface area contributed by atoms with Gasteiger partial charge in [0.2, 0.25) is 0 Å². The molecule has 1 aliphatic carbocycles. The highest BCUT2D eigenvalue weighted by molar-refractivity contribution is 5.30. The van der Waals surface area contributed by atoms with Gasteiger partial charge in [-0.05, 0) is 42.7 Å². The van der Waals surface area contributed by atoms with Gasteiger partial charge in [0.25, 0.3) is 0 Å². The van der Waals surface area contributed by atoms with Crippen LogP contribution in [-0.2, 0) is 12.5 Å². The Bertz CT molecular complexity index is 642. The summed E-state index contributed by atoms with van der Waals surface area (Å²) < 4.78 is 1.75. The predicted octanol–water partition coefficient (Wildman–Crippen LogP) is 3.07. The van der Waals surface area contributed by atoms with Gasteiger partial charge in [-0.15, -0.1) is 5.10 Å². The molecule has 1 atom stereocenters. The fourth-order valence-corrected chi connectivity index (χ4v) is 3.81. The average Bonchev–Trinajstić information content (AvgIpc) is 3.00. The molecule has 1 unspecified atom stereocenters. The van der Waals surface area contributed by atoms with Gasteiger partial charge in [-0.1, -0.05) is 49.1 Å². The summed E-state index contributed by atoms with van der Waals surface area (Å²) in [6.45, 7) is 5.30. The summed E-state index contributed by atoms with van der Waals surface area (Å²) in [6.07, 6.45) is 6.50. The lowest BCUT2D eigenvalue weighted by atomic mass is 9.69. The van der Waals surface area contributed by atoms with Crippen molar-refractivity contribution in [1.29, 1.82) is 0 Å². The topological polar surface area (TPSA) is 55.6 Å². The number of aromatic nitrogens is 4. The van der Waals surface area contributed by atoms with Crippen LogP contribution in [0, 0.1) is 6.92 Å². The van der Waals surface area contributed by atoms with Gasteiger partial charge in [-0.3, -0.25) is 0 Å². The highest BCUT2D eigenvalue weighted by Gasteiger charge is 2.34. The minimum atomic E-state index is 0.151. The summed E-state index contributed by atoms with van der Waals surface area (Å²) in [5, 5.41) is 15.5. The molecule has 0 radical (unpaired) electrons. The number of nitrogens with one attached hydrogen (secondary N) is 1. The van der Waals surface area contributed by atoms with Crippen LogP contribution in [0.2, 0.25) is 0 Å². The highest BCUT2D eigenvalue weighted by atomic mass is 15.5. The van der Waals surface area contributed by atoms with E-state index in [1.807, 2.05) is 7.05 Å². The van der Waals surface area contributed by atoms with E-state index >= 15 is 0 Å². The molecule has 0 aliphatic heterocycles. The van der Waals surface area contributed by atoms with Gasteiger partial charge >= 0.3 is 0 Å². The Labute approximate surface area is 138 Å². The second kappa shape index (κ2) is 6.79. The SMILES string of the molecule is Cc1cccc(C2(CNC(C)c3nnnn3C)CCCCC2)c1. The normalized spacial score (nSPS) is 18.7. The lowest BCUT2D eigenvalue weighted by Crippen LogP contribution is -2.41. The molecule has 1 aromatic carbocycles. The van der Waals surface area contributed by atoms with Gasteiger partial charge in [0.05, 0.1) is 6.04 Å². The minimum absolute atomic E-state index is 0.151. The number of tetrazole rings is 1. The Morgan fingerprint density at radius 1 is 1.26 bits per heavy atom. The van der Waals surface area contributed by atoms with Gasteiger partial charge in [-0.2, -0.15) is 0 Å². The third-order valence-electron chi connectivity index (χ3n) is 5.23. The van der Waals surface area contributed by atoms with Gasteiger partial charge < -0.3 is 5.32 Å². The molecule has 1 aromatic heterocycles. The van der Waals surface area contributed by atoms with Crippen molar-refractivity contribution in [3.05, 3.63) is 41.2 Å². The van der Waals surface area contributed by atoms with E-state index in [-0.39, 0.29) is 11.5 Å². The van der Waals surface area contributed by atoms with Crippen LogP contribution in [0.25, 0.3) is 0 Å². The van der Waals surface area contributed by atoms with Crippen molar-refractivity contribution in [1.82, 2.24) is 25.5 Å². The zero-order chi connectivity index (χ0) is 16.3. The molecule has 0 spiro atoms. The molecule has 23 heavy (non-hydrogen) atoms. The summed E-state index contributed by atoms with van der Waals surface area (Å²) in [7, 11) is 1.89. The Hall–Kier alpha value is -1.75. The summed E-state index contributed by atoms with van der Waals surface area (Å²) in [4.78, 5) is 0. The van der Waals surface area contributed by atoms with Crippen LogP contribution in [0.3, 0.4) is 0 Å². The molecule has 0 saturated heterocycles. The summed E-state index contributed by atoms with van der Waals surface area (Å²) >= 11 is 0. The maximum atomic E-state index is 4.13. The first-order chi connectivity index (χ1) is 11.1. The molecule has 5 heteroatoms. The molecular formula is C18H27N5. The van der Waals surface area contributed by atoms with E-state index in [2.05, 4.69) is 59.0 Å². The molecule has 0 amide bonds. The number of aryl methyl sites for hydroxylation is 2. The first-order valence-corrected chi connectivity index (χ1v) is 8.63. The lowest BCUT2D eigenvalue weighted by Gasteiger charge is -2.39. The number of benzene rings is 1. The Balaban J connectivity index is 1.78. The summed E-state index contributed by atoms with van der Waals surface area (Å²) in [5.41, 5.74) is 3.07. The standard InChI is InChI=1S/C18H27N5/c1-14-8-7-9-16(12-14)18(10-5-4-6-11-18)13-19-15(2)17-20-21-22-23(17)3/h7-9,12,15,19H,4-6,10-11,13H2,1-3H3. The van der Waals surface area contributed by atoms with Crippen molar-refractivity contribution in [3.63, 3.8) is 0 Å². The van der Waals surface area contributed by atoms with Crippen LogP contribution in [-0.4, -0.2) is 26.8 Å². The van der Waals surface area contributed by atoms with Crippen LogP contribution in [0.5, 0.6) is 0 Å². The van der Waals surface area contributed by atoms with Crippen molar-refractivity contribution in [2.24, 2.45) is 7.05 Å². The van der Waals surface area contributed by atoms with Crippen molar-refractivity contribution < 1.29 is 0 Å². The third-order valence-corrected chi connectivity index (χ3v) is 5.23. The minimum Gasteiger partial charge on any atom is -0.307 e. The van der Waals surface area contributed by atoms with Crippen molar-refractivity contribution in [2.45, 2.75) is 57.4 Å². The molecular weight excluding hydrogens is 286 g/mol. The smallest absolute Gasteiger partial charge is 0.167 e. The first-order valence-electron chi connectivity index (χ1n) is 8.63. The van der Waals surface area contributed by atoms with Crippen LogP contribution in [0.4, 0.5) is 0 Å². The molecule has 0 bridgehead atoms. The third kappa shape index (κ3) is 3.44. The van der Waals surface area contributed by atoms with Crippen molar-refractivity contribution in [2.75, 3.05) is 6.54 Å². The molecule has 1 heterocycles. The van der Waals surface area contributed by atoms with Crippen LogP contribution in [0.1, 0.15) is 62.0 Å². The van der Waals surface area contributed by atoms with E-state index in [4.69, 9.17) is 0 Å². The zero-order valence-electron chi connectivity index (χ0n) is 14.4. The second-order valence-corrected chi connectivity index (χ2v) is 6.97. The van der Waals surface area contributed by atoms with Crippen LogP contribution < -0.4 is 5.32 Å². The van der Waals surface area contributed by atoms with Crippen LogP contribution >= 0.6 is 0 Å². The van der Waals surface area contributed by atoms with Gasteiger partial charge in [0.15, 0.2) is 5.82 Å². The molecule has 5 nitrogen and oxygen atoms in total. The Kier molecular flexibility index (Phi) is 4.76. The summed E-state index contributed by atoms with van der Waals surface area (Å²) in [6, 6.07) is 9.19. The molecule has 1 N–H and O–H groups in total. The fraction of sp³-hybridized carbons (Fsp3) is 0.611. The maximum absolute atomic E-state index is 4.13. The fourth-order valence-electron chi connectivity index (χ4n) is 3.81. The average molecular weight is 313 g/mol. The van der Waals surface area contributed by atoms with Crippen molar-refractivity contribution in [3.8, 4) is 0 Å². The van der Waals surface area contributed by atoms with E-state index in [1.54, 1.807) is 4.68 Å². The largest absolute Gasteiger partial charge is 0.307 e. The quantitative estimate of drug-likeness (QED) is 0.921. The molecule has 1 fully saturated rings. The van der Waals surface area contributed by atoms with Gasteiger partial charge in [-0.25, -0.2) is 4.68 Å². The van der Waals surface area contributed by atoms with Gasteiger partial charge in [0, 0.05) is 19.0 Å². The van der Waals surface area contributed by atoms with Crippen LogP contribution in [0.15, 0.2) is 24.3 Å².